The molecule has 2 aromatic carbocycles. The van der Waals surface area contributed by atoms with Gasteiger partial charge in [-0.1, -0.05) is 0 Å². The molecule has 1 aliphatic carbocycles. The number of hydrogen-bond acceptors (Lipinski definition) is 5. The number of aliphatic carboxylic acids is 1. The molecule has 2 amide bonds. The molecule has 0 atom stereocenters. The summed E-state index contributed by atoms with van der Waals surface area (Å²) in [5.74, 6) is -1.25. The van der Waals surface area contributed by atoms with Crippen molar-refractivity contribution >= 4 is 17.8 Å². The quantitative estimate of drug-likeness (QED) is 0.421. The van der Waals surface area contributed by atoms with Gasteiger partial charge in [-0.15, -0.1) is 0 Å². The van der Waals surface area contributed by atoms with Gasteiger partial charge in [0.2, 0.25) is 0 Å². The van der Waals surface area contributed by atoms with Crippen molar-refractivity contribution in [2.75, 3.05) is 19.7 Å². The van der Waals surface area contributed by atoms with Crippen LogP contribution in [-0.4, -0.2) is 54.9 Å². The van der Waals surface area contributed by atoms with E-state index in [1.54, 1.807) is 24.3 Å². The lowest BCUT2D eigenvalue weighted by molar-refractivity contribution is -0.153. The lowest BCUT2D eigenvalue weighted by atomic mass is 9.87. The van der Waals surface area contributed by atoms with Gasteiger partial charge in [-0.3, -0.25) is 14.4 Å². The van der Waals surface area contributed by atoms with Gasteiger partial charge in [0.15, 0.2) is 6.61 Å². The van der Waals surface area contributed by atoms with Crippen LogP contribution in [0.5, 0.6) is 11.5 Å². The second kappa shape index (κ2) is 12.3. The molecule has 3 rings (SSSR count). The summed E-state index contributed by atoms with van der Waals surface area (Å²) < 4.78 is 47.0. The predicted molar refractivity (Wildman–Crippen MR) is 123 cm³/mol. The average molecular weight is 508 g/mol. The summed E-state index contributed by atoms with van der Waals surface area (Å²) >= 11 is 0. The molecule has 0 unspecified atom stereocenters. The molecule has 0 aromatic heterocycles. The molecule has 3 N–H and O–H groups in total. The first-order valence-electron chi connectivity index (χ1n) is 11.5. The zero-order valence-corrected chi connectivity index (χ0v) is 19.3. The molecular formula is C25H27F3N2O6. The summed E-state index contributed by atoms with van der Waals surface area (Å²) in [5.41, 5.74) is 0.658. The van der Waals surface area contributed by atoms with Crippen LogP contribution in [0.25, 0.3) is 0 Å². The Morgan fingerprint density at radius 1 is 0.806 bits per heavy atom. The van der Waals surface area contributed by atoms with Gasteiger partial charge in [-0.05, 0) is 74.2 Å². The van der Waals surface area contributed by atoms with Crippen LogP contribution < -0.4 is 20.1 Å². The number of carboxylic acids is 1. The van der Waals surface area contributed by atoms with Crippen LogP contribution >= 0.6 is 0 Å². The van der Waals surface area contributed by atoms with Crippen molar-refractivity contribution in [3.8, 4) is 11.5 Å². The number of carboxylic acid groups (broad SMARTS) is 1. The summed E-state index contributed by atoms with van der Waals surface area (Å²) in [7, 11) is 0. The fourth-order valence-electron chi connectivity index (χ4n) is 3.73. The van der Waals surface area contributed by atoms with Crippen molar-refractivity contribution < 1.29 is 42.1 Å². The highest BCUT2D eigenvalue weighted by atomic mass is 19.4. The van der Waals surface area contributed by atoms with E-state index in [9.17, 15) is 27.6 Å². The Morgan fingerprint density at radius 3 is 1.72 bits per heavy atom. The largest absolute Gasteiger partial charge is 0.490 e. The Labute approximate surface area is 205 Å². The van der Waals surface area contributed by atoms with Crippen LogP contribution in [-0.2, 0) is 4.79 Å². The third kappa shape index (κ3) is 8.47. The monoisotopic (exact) mass is 508 g/mol. The Bertz CT molecular complexity index is 1030. The molecule has 0 radical (unpaired) electrons. The number of ether oxygens (including phenoxy) is 2. The van der Waals surface area contributed by atoms with Gasteiger partial charge >= 0.3 is 12.1 Å². The van der Waals surface area contributed by atoms with Crippen molar-refractivity contribution in [2.45, 2.75) is 38.0 Å². The highest BCUT2D eigenvalue weighted by molar-refractivity contribution is 5.95. The van der Waals surface area contributed by atoms with E-state index in [2.05, 4.69) is 15.4 Å². The lowest BCUT2D eigenvalue weighted by Gasteiger charge is -2.26. The minimum Gasteiger partial charge on any atom is -0.490 e. The third-order valence-corrected chi connectivity index (χ3v) is 5.66. The topological polar surface area (TPSA) is 114 Å². The maximum atomic E-state index is 12.3. The normalized spacial score (nSPS) is 17.6. The zero-order chi connectivity index (χ0) is 26.1. The van der Waals surface area contributed by atoms with E-state index in [0.29, 0.717) is 37.0 Å². The van der Waals surface area contributed by atoms with Gasteiger partial charge in [0.1, 0.15) is 11.5 Å². The van der Waals surface area contributed by atoms with E-state index in [-0.39, 0.29) is 42.3 Å². The standard InChI is InChI=1S/C25H27F3N2O6/c26-25(27,28)15-35-19-7-1-16(2-8-19)22(31)29-13-14-30-23(32)17-3-9-20(10-4-17)36-21-11-5-18(6-12-21)24(33)34/h1-4,7-10,18,21H,5-6,11-15H2,(H,29,31)(H,30,32)(H,33,34)/t18-,21+. The van der Waals surface area contributed by atoms with E-state index < -0.39 is 24.7 Å². The van der Waals surface area contributed by atoms with Crippen molar-refractivity contribution in [1.82, 2.24) is 10.6 Å². The second-order valence-corrected chi connectivity index (χ2v) is 8.39. The summed E-state index contributed by atoms with van der Waals surface area (Å²) in [5, 5.41) is 14.4. The van der Waals surface area contributed by atoms with E-state index >= 15 is 0 Å². The highest BCUT2D eigenvalue weighted by Crippen LogP contribution is 2.28. The molecule has 11 heteroatoms. The summed E-state index contributed by atoms with van der Waals surface area (Å²) in [6.45, 7) is -1.09. The predicted octanol–water partition coefficient (Wildman–Crippen LogP) is 3.81. The van der Waals surface area contributed by atoms with Crippen molar-refractivity contribution in [3.63, 3.8) is 0 Å². The van der Waals surface area contributed by atoms with Crippen molar-refractivity contribution in [1.29, 1.82) is 0 Å². The Morgan fingerprint density at radius 2 is 1.28 bits per heavy atom. The van der Waals surface area contributed by atoms with E-state index in [1.807, 2.05) is 0 Å². The lowest BCUT2D eigenvalue weighted by Crippen LogP contribution is -2.34. The van der Waals surface area contributed by atoms with Gasteiger partial charge in [-0.2, -0.15) is 13.2 Å². The first-order chi connectivity index (χ1) is 17.1. The summed E-state index contributed by atoms with van der Waals surface area (Å²) in [6, 6.07) is 11.9. The van der Waals surface area contributed by atoms with Crippen LogP contribution in [0.2, 0.25) is 0 Å². The highest BCUT2D eigenvalue weighted by Gasteiger charge is 2.28. The van der Waals surface area contributed by atoms with Gasteiger partial charge in [-0.25, -0.2) is 0 Å². The van der Waals surface area contributed by atoms with Crippen LogP contribution in [0.3, 0.4) is 0 Å². The molecule has 0 bridgehead atoms. The number of carbonyl (C=O) groups is 3. The van der Waals surface area contributed by atoms with Gasteiger partial charge < -0.3 is 25.2 Å². The molecular weight excluding hydrogens is 481 g/mol. The molecule has 0 saturated heterocycles. The van der Waals surface area contributed by atoms with E-state index in [0.717, 1.165) is 0 Å². The molecule has 1 aliphatic rings. The molecule has 36 heavy (non-hydrogen) atoms. The molecule has 8 nitrogen and oxygen atoms in total. The number of hydrogen-bond donors (Lipinski definition) is 3. The number of amides is 2. The fraction of sp³-hybridized carbons (Fsp3) is 0.400. The first kappa shape index (κ1) is 26.8. The number of alkyl halides is 3. The number of halogens is 3. The second-order valence-electron chi connectivity index (χ2n) is 8.39. The van der Waals surface area contributed by atoms with Gasteiger partial charge in [0, 0.05) is 24.2 Å². The molecule has 1 fully saturated rings. The van der Waals surface area contributed by atoms with Crippen LogP contribution in [0.4, 0.5) is 13.2 Å². The van der Waals surface area contributed by atoms with Crippen LogP contribution in [0.1, 0.15) is 46.4 Å². The summed E-state index contributed by atoms with van der Waals surface area (Å²) in [4.78, 5) is 35.5. The number of nitrogens with one attached hydrogen (secondary N) is 2. The Hall–Kier alpha value is -3.76. The Balaban J connectivity index is 1.36. The fourth-order valence-corrected chi connectivity index (χ4v) is 3.73. The van der Waals surface area contributed by atoms with Gasteiger partial charge in [0.25, 0.3) is 11.8 Å². The SMILES string of the molecule is O=C(NCCNC(=O)c1ccc(O[C@H]2CC[C@@H](C(=O)O)CC2)cc1)c1ccc(OCC(F)(F)F)cc1. The molecule has 2 aromatic rings. The molecule has 0 aliphatic heterocycles. The third-order valence-electron chi connectivity index (χ3n) is 5.66. The van der Waals surface area contributed by atoms with Crippen molar-refractivity contribution in [3.05, 3.63) is 59.7 Å². The van der Waals surface area contributed by atoms with Crippen LogP contribution in [0, 0.1) is 5.92 Å². The molecule has 0 heterocycles. The number of benzene rings is 2. The average Bonchev–Trinajstić information content (AvgIpc) is 2.86. The Kier molecular flexibility index (Phi) is 9.15. The zero-order valence-electron chi connectivity index (χ0n) is 19.3. The van der Waals surface area contributed by atoms with Gasteiger partial charge in [0.05, 0.1) is 12.0 Å². The molecule has 1 saturated carbocycles. The van der Waals surface area contributed by atoms with Crippen LogP contribution in [0.15, 0.2) is 48.5 Å². The maximum absolute atomic E-state index is 12.3. The maximum Gasteiger partial charge on any atom is 0.422 e. The van der Waals surface area contributed by atoms with E-state index in [1.165, 1.54) is 24.3 Å². The number of rotatable bonds is 10. The molecule has 0 spiro atoms. The smallest absolute Gasteiger partial charge is 0.422 e. The van der Waals surface area contributed by atoms with Crippen molar-refractivity contribution in [2.24, 2.45) is 5.92 Å². The minimum atomic E-state index is -4.44. The molecule has 194 valence electrons. The minimum absolute atomic E-state index is 0.00174. The number of carbonyl (C=O) groups excluding carboxylic acids is 2. The first-order valence-corrected chi connectivity index (χ1v) is 11.5. The van der Waals surface area contributed by atoms with E-state index in [4.69, 9.17) is 9.84 Å². The summed E-state index contributed by atoms with van der Waals surface area (Å²) in [6.07, 6.45) is -1.99.